The Labute approximate surface area is 145 Å². The first kappa shape index (κ1) is 15.4. The van der Waals surface area contributed by atoms with Crippen molar-refractivity contribution in [2.75, 3.05) is 16.8 Å². The highest BCUT2D eigenvalue weighted by Crippen LogP contribution is 2.26. The van der Waals surface area contributed by atoms with E-state index in [1.165, 1.54) is 0 Å². The number of para-hydroxylation sites is 1. The molecule has 2 amide bonds. The fourth-order valence-corrected chi connectivity index (χ4v) is 3.39. The molecule has 5 heteroatoms. The highest BCUT2D eigenvalue weighted by atomic mass is 16.2. The first-order valence-electron chi connectivity index (χ1n) is 8.39. The van der Waals surface area contributed by atoms with Crippen LogP contribution in [0, 0.1) is 0 Å². The van der Waals surface area contributed by atoms with E-state index >= 15 is 0 Å². The fourth-order valence-electron chi connectivity index (χ4n) is 3.39. The molecule has 25 heavy (non-hydrogen) atoms. The van der Waals surface area contributed by atoms with Crippen LogP contribution in [0.1, 0.15) is 23.2 Å². The molecule has 5 nitrogen and oxygen atoms in total. The molecule has 0 unspecified atom stereocenters. The molecule has 1 fully saturated rings. The molecule has 1 aliphatic rings. The van der Waals surface area contributed by atoms with Gasteiger partial charge in [-0.15, -0.1) is 0 Å². The molecular weight excluding hydrogens is 314 g/mol. The molecule has 0 saturated carbocycles. The molecule has 2 aromatic carbocycles. The van der Waals surface area contributed by atoms with E-state index in [0.717, 1.165) is 29.6 Å². The zero-order valence-electron chi connectivity index (χ0n) is 14.0. The van der Waals surface area contributed by atoms with Crippen LogP contribution in [0.15, 0.2) is 54.7 Å². The summed E-state index contributed by atoms with van der Waals surface area (Å²) in [5.74, 6) is -0.0146. The molecule has 1 saturated heterocycles. The molecule has 3 aromatic rings. The van der Waals surface area contributed by atoms with Crippen LogP contribution in [0.4, 0.5) is 11.4 Å². The van der Waals surface area contributed by atoms with Crippen LogP contribution in [-0.2, 0) is 11.8 Å². The number of benzene rings is 2. The quantitative estimate of drug-likeness (QED) is 0.797. The van der Waals surface area contributed by atoms with E-state index in [0.29, 0.717) is 17.7 Å². The number of carbonyl (C=O) groups excluding carboxylic acids is 2. The van der Waals surface area contributed by atoms with E-state index in [4.69, 9.17) is 0 Å². The van der Waals surface area contributed by atoms with E-state index in [1.807, 2.05) is 66.3 Å². The smallest absolute Gasteiger partial charge is 0.257 e. The molecule has 0 spiro atoms. The monoisotopic (exact) mass is 333 g/mol. The lowest BCUT2D eigenvalue weighted by Crippen LogP contribution is -2.23. The molecule has 1 N–H and O–H groups in total. The van der Waals surface area contributed by atoms with Crippen LogP contribution in [0.2, 0.25) is 0 Å². The number of nitrogens with zero attached hydrogens (tertiary/aromatic N) is 2. The second kappa shape index (κ2) is 6.09. The number of aryl methyl sites for hydroxylation is 1. The van der Waals surface area contributed by atoms with Crippen molar-refractivity contribution in [2.45, 2.75) is 12.8 Å². The third kappa shape index (κ3) is 2.78. The normalized spacial score (nSPS) is 14.3. The van der Waals surface area contributed by atoms with Gasteiger partial charge >= 0.3 is 0 Å². The van der Waals surface area contributed by atoms with Crippen LogP contribution >= 0.6 is 0 Å². The van der Waals surface area contributed by atoms with Gasteiger partial charge in [-0.25, -0.2) is 0 Å². The van der Waals surface area contributed by atoms with Crippen molar-refractivity contribution in [3.05, 3.63) is 60.3 Å². The van der Waals surface area contributed by atoms with Gasteiger partial charge in [0, 0.05) is 48.5 Å². The Bertz CT molecular complexity index is 974. The lowest BCUT2D eigenvalue weighted by molar-refractivity contribution is -0.117. The first-order chi connectivity index (χ1) is 12.1. The summed E-state index contributed by atoms with van der Waals surface area (Å²) < 4.78 is 1.95. The van der Waals surface area contributed by atoms with Gasteiger partial charge in [0.2, 0.25) is 5.91 Å². The second-order valence-corrected chi connectivity index (χ2v) is 6.32. The van der Waals surface area contributed by atoms with Crippen molar-refractivity contribution in [2.24, 2.45) is 7.05 Å². The number of anilines is 2. The minimum atomic E-state index is -0.151. The van der Waals surface area contributed by atoms with Gasteiger partial charge in [0.25, 0.3) is 5.91 Å². The molecule has 0 radical (unpaired) electrons. The lowest BCUT2D eigenvalue weighted by Gasteiger charge is -2.16. The lowest BCUT2D eigenvalue weighted by atomic mass is 10.1. The zero-order chi connectivity index (χ0) is 17.4. The second-order valence-electron chi connectivity index (χ2n) is 6.32. The van der Waals surface area contributed by atoms with Crippen molar-refractivity contribution in [1.82, 2.24) is 4.57 Å². The predicted molar refractivity (Wildman–Crippen MR) is 98.9 cm³/mol. The molecule has 0 atom stereocenters. The van der Waals surface area contributed by atoms with Crippen LogP contribution < -0.4 is 10.2 Å². The number of aromatic nitrogens is 1. The summed E-state index contributed by atoms with van der Waals surface area (Å²) in [6.07, 6.45) is 3.31. The topological polar surface area (TPSA) is 54.3 Å². The largest absolute Gasteiger partial charge is 0.350 e. The predicted octanol–water partition coefficient (Wildman–Crippen LogP) is 3.56. The Morgan fingerprint density at radius 1 is 1.12 bits per heavy atom. The van der Waals surface area contributed by atoms with Crippen LogP contribution in [-0.4, -0.2) is 22.9 Å². The van der Waals surface area contributed by atoms with Crippen molar-refractivity contribution < 1.29 is 9.59 Å². The number of carbonyl (C=O) groups is 2. The Kier molecular flexibility index (Phi) is 3.76. The average molecular weight is 333 g/mol. The standard InChI is InChI=1S/C20H19N3O2/c1-22-13-17(16-8-2-3-9-18(16)22)20(25)21-14-6-4-7-15(12-14)23-11-5-10-19(23)24/h2-4,6-9,12-13H,5,10-11H2,1H3,(H,21,25). The van der Waals surface area contributed by atoms with Crippen molar-refractivity contribution in [3.8, 4) is 0 Å². The Balaban J connectivity index is 1.61. The Morgan fingerprint density at radius 3 is 2.76 bits per heavy atom. The SMILES string of the molecule is Cn1cc(C(=O)Nc2cccc(N3CCCC3=O)c2)c2ccccc21. The van der Waals surface area contributed by atoms with E-state index in [9.17, 15) is 9.59 Å². The number of fused-ring (bicyclic) bond motifs is 1. The maximum absolute atomic E-state index is 12.7. The molecule has 4 rings (SSSR count). The summed E-state index contributed by atoms with van der Waals surface area (Å²) in [6.45, 7) is 0.736. The highest BCUT2D eigenvalue weighted by molar-refractivity contribution is 6.13. The van der Waals surface area contributed by atoms with Gasteiger partial charge in [0.05, 0.1) is 5.56 Å². The van der Waals surface area contributed by atoms with E-state index < -0.39 is 0 Å². The van der Waals surface area contributed by atoms with Crippen LogP contribution in [0.3, 0.4) is 0 Å². The summed E-state index contributed by atoms with van der Waals surface area (Å²) in [5.41, 5.74) is 3.18. The fraction of sp³-hybridized carbons (Fsp3) is 0.200. The maximum atomic E-state index is 12.7. The van der Waals surface area contributed by atoms with Gasteiger partial charge < -0.3 is 14.8 Å². The third-order valence-corrected chi connectivity index (χ3v) is 4.63. The number of hydrogen-bond donors (Lipinski definition) is 1. The molecule has 1 aliphatic heterocycles. The van der Waals surface area contributed by atoms with Crippen LogP contribution in [0.25, 0.3) is 10.9 Å². The minimum Gasteiger partial charge on any atom is -0.350 e. The summed E-state index contributed by atoms with van der Waals surface area (Å²) in [7, 11) is 1.93. The van der Waals surface area contributed by atoms with E-state index in [-0.39, 0.29) is 11.8 Å². The Morgan fingerprint density at radius 2 is 1.96 bits per heavy atom. The third-order valence-electron chi connectivity index (χ3n) is 4.63. The Hall–Kier alpha value is -3.08. The van der Waals surface area contributed by atoms with Gasteiger partial charge in [-0.3, -0.25) is 9.59 Å². The first-order valence-corrected chi connectivity index (χ1v) is 8.39. The van der Waals surface area contributed by atoms with E-state index in [2.05, 4.69) is 5.32 Å². The van der Waals surface area contributed by atoms with E-state index in [1.54, 1.807) is 4.90 Å². The number of rotatable bonds is 3. The van der Waals surface area contributed by atoms with Crippen molar-refractivity contribution in [1.29, 1.82) is 0 Å². The summed E-state index contributed by atoms with van der Waals surface area (Å²) in [4.78, 5) is 26.4. The number of hydrogen-bond acceptors (Lipinski definition) is 2. The van der Waals surface area contributed by atoms with Gasteiger partial charge in [-0.2, -0.15) is 0 Å². The van der Waals surface area contributed by atoms with Gasteiger partial charge in [-0.1, -0.05) is 24.3 Å². The van der Waals surface area contributed by atoms with Gasteiger partial charge in [0.1, 0.15) is 0 Å². The number of nitrogens with one attached hydrogen (secondary N) is 1. The van der Waals surface area contributed by atoms with Crippen molar-refractivity contribution in [3.63, 3.8) is 0 Å². The minimum absolute atomic E-state index is 0.137. The number of amides is 2. The van der Waals surface area contributed by atoms with Crippen molar-refractivity contribution >= 4 is 34.1 Å². The summed E-state index contributed by atoms with van der Waals surface area (Å²) in [6, 6.07) is 15.3. The van der Waals surface area contributed by atoms with Crippen LogP contribution in [0.5, 0.6) is 0 Å². The maximum Gasteiger partial charge on any atom is 0.257 e. The molecule has 2 heterocycles. The molecule has 0 aliphatic carbocycles. The van der Waals surface area contributed by atoms with Gasteiger partial charge in [0.15, 0.2) is 0 Å². The molecular formula is C20H19N3O2. The molecule has 1 aromatic heterocycles. The molecule has 126 valence electrons. The zero-order valence-corrected chi connectivity index (χ0v) is 14.0. The summed E-state index contributed by atoms with van der Waals surface area (Å²) in [5, 5.41) is 3.88. The highest BCUT2D eigenvalue weighted by Gasteiger charge is 2.22. The summed E-state index contributed by atoms with van der Waals surface area (Å²) >= 11 is 0. The average Bonchev–Trinajstić information content (AvgIpc) is 3.19. The van der Waals surface area contributed by atoms with Gasteiger partial charge in [-0.05, 0) is 30.7 Å². The molecule has 0 bridgehead atoms.